The molecule has 2 rings (SSSR count). The van der Waals surface area contributed by atoms with Crippen molar-refractivity contribution >= 4 is 28.0 Å². The molecule has 0 bridgehead atoms. The second-order valence-electron chi connectivity index (χ2n) is 4.11. The van der Waals surface area contributed by atoms with Gasteiger partial charge >= 0.3 is 16.2 Å². The lowest BCUT2D eigenvalue weighted by Gasteiger charge is -2.16. The number of amides is 1. The summed E-state index contributed by atoms with van der Waals surface area (Å²) in [6.07, 6.45) is -0.0142. The molecule has 0 aliphatic carbocycles. The zero-order valence-corrected chi connectivity index (χ0v) is 11.8. The third-order valence-corrected chi connectivity index (χ3v) is 4.12. The predicted octanol–water partition coefficient (Wildman–Crippen LogP) is 1.61. The largest absolute Gasteiger partial charge is 0.465 e. The zero-order valence-electron chi connectivity index (χ0n) is 10.2. The first-order valence-electron chi connectivity index (χ1n) is 5.48. The first kappa shape index (κ1) is 14.0. The maximum absolute atomic E-state index is 11.1. The van der Waals surface area contributed by atoms with Crippen molar-refractivity contribution in [2.45, 2.75) is 11.4 Å². The summed E-state index contributed by atoms with van der Waals surface area (Å²) in [5, 5.41) is 9.03. The normalized spacial score (nSPS) is 15.5. The molecular weight excluding hydrogens is 290 g/mol. The van der Waals surface area contributed by atoms with Crippen LogP contribution < -0.4 is 4.18 Å². The highest BCUT2D eigenvalue weighted by Crippen LogP contribution is 2.30. The molecule has 1 aromatic carbocycles. The zero-order chi connectivity index (χ0) is 14.0. The van der Waals surface area contributed by atoms with Gasteiger partial charge in [0.05, 0.1) is 12.8 Å². The fraction of sp³-hybridized carbons (Fsp3) is 0.364. The number of thioether (sulfide) groups is 1. The first-order valence-corrected chi connectivity index (χ1v) is 8.28. The molecule has 104 valence electrons. The minimum atomic E-state index is -3.58. The number of hydrogen-bond acceptors (Lipinski definition) is 5. The summed E-state index contributed by atoms with van der Waals surface area (Å²) in [6.45, 7) is 0.676. The van der Waals surface area contributed by atoms with Crippen LogP contribution in [0.15, 0.2) is 23.1 Å². The van der Waals surface area contributed by atoms with E-state index >= 15 is 0 Å². The van der Waals surface area contributed by atoms with Crippen molar-refractivity contribution in [3.8, 4) is 5.75 Å². The molecule has 1 aromatic rings. The topological polar surface area (TPSA) is 83.9 Å². The SMILES string of the molecule is CS(=O)(=O)Oc1ccc2c(c1)CN(C(=O)O)CCS2. The fourth-order valence-electron chi connectivity index (χ4n) is 1.76. The summed E-state index contributed by atoms with van der Waals surface area (Å²) in [5.74, 6) is 0.875. The molecule has 0 aromatic heterocycles. The van der Waals surface area contributed by atoms with E-state index in [4.69, 9.17) is 9.29 Å². The number of hydrogen-bond donors (Lipinski definition) is 1. The lowest BCUT2D eigenvalue weighted by molar-refractivity contribution is 0.145. The molecule has 0 spiro atoms. The molecule has 0 saturated carbocycles. The van der Waals surface area contributed by atoms with E-state index in [1.54, 1.807) is 30.0 Å². The van der Waals surface area contributed by atoms with Crippen LogP contribution in [0, 0.1) is 0 Å². The van der Waals surface area contributed by atoms with Gasteiger partial charge in [-0.2, -0.15) is 8.42 Å². The van der Waals surface area contributed by atoms with Gasteiger partial charge in [0.15, 0.2) is 0 Å². The summed E-state index contributed by atoms with van der Waals surface area (Å²) in [6, 6.07) is 4.90. The Hall–Kier alpha value is -1.41. The lowest BCUT2D eigenvalue weighted by Crippen LogP contribution is -2.29. The van der Waals surface area contributed by atoms with Gasteiger partial charge in [-0.15, -0.1) is 11.8 Å². The Balaban J connectivity index is 2.30. The summed E-state index contributed by atoms with van der Waals surface area (Å²) in [7, 11) is -3.58. The molecule has 1 aliphatic rings. The minimum Gasteiger partial charge on any atom is -0.465 e. The molecule has 0 saturated heterocycles. The molecule has 1 amide bonds. The molecular formula is C11H13NO5S2. The van der Waals surface area contributed by atoms with Gasteiger partial charge in [0, 0.05) is 17.2 Å². The predicted molar refractivity (Wildman–Crippen MR) is 71.1 cm³/mol. The molecule has 6 nitrogen and oxygen atoms in total. The van der Waals surface area contributed by atoms with Crippen LogP contribution in [0.2, 0.25) is 0 Å². The Kier molecular flexibility index (Phi) is 3.91. The van der Waals surface area contributed by atoms with Crippen LogP contribution in [0.4, 0.5) is 4.79 Å². The Bertz CT molecular complexity index is 599. The van der Waals surface area contributed by atoms with E-state index in [0.29, 0.717) is 12.3 Å². The number of fused-ring (bicyclic) bond motifs is 1. The average Bonchev–Trinajstić information content (AvgIpc) is 2.48. The molecule has 0 unspecified atom stereocenters. The average molecular weight is 303 g/mol. The van der Waals surface area contributed by atoms with Gasteiger partial charge in [0.25, 0.3) is 0 Å². The van der Waals surface area contributed by atoms with Crippen LogP contribution in [-0.4, -0.2) is 43.1 Å². The molecule has 1 N–H and O–H groups in total. The van der Waals surface area contributed by atoms with Crippen LogP contribution in [0.5, 0.6) is 5.75 Å². The Morgan fingerprint density at radius 1 is 1.47 bits per heavy atom. The van der Waals surface area contributed by atoms with E-state index < -0.39 is 16.2 Å². The van der Waals surface area contributed by atoms with Crippen molar-refractivity contribution in [1.82, 2.24) is 4.90 Å². The van der Waals surface area contributed by atoms with Gasteiger partial charge in [0.2, 0.25) is 0 Å². The van der Waals surface area contributed by atoms with Crippen molar-refractivity contribution in [3.63, 3.8) is 0 Å². The molecule has 19 heavy (non-hydrogen) atoms. The molecule has 0 radical (unpaired) electrons. The van der Waals surface area contributed by atoms with Crippen LogP contribution in [0.25, 0.3) is 0 Å². The van der Waals surface area contributed by atoms with E-state index in [1.807, 2.05) is 0 Å². The Labute approximate surface area is 115 Å². The molecule has 1 heterocycles. The Morgan fingerprint density at radius 2 is 2.21 bits per heavy atom. The lowest BCUT2D eigenvalue weighted by atomic mass is 10.2. The van der Waals surface area contributed by atoms with Crippen molar-refractivity contribution in [2.24, 2.45) is 0 Å². The second kappa shape index (κ2) is 5.30. The van der Waals surface area contributed by atoms with Crippen LogP contribution >= 0.6 is 11.8 Å². The number of carboxylic acid groups (broad SMARTS) is 1. The molecule has 8 heteroatoms. The van der Waals surface area contributed by atoms with Gasteiger partial charge < -0.3 is 14.2 Å². The summed E-state index contributed by atoms with van der Waals surface area (Å²) < 4.78 is 27.0. The van der Waals surface area contributed by atoms with E-state index in [-0.39, 0.29) is 12.3 Å². The minimum absolute atomic E-state index is 0.203. The van der Waals surface area contributed by atoms with Gasteiger partial charge in [-0.05, 0) is 23.8 Å². The third-order valence-electron chi connectivity index (χ3n) is 2.53. The smallest absolute Gasteiger partial charge is 0.407 e. The summed E-state index contributed by atoms with van der Waals surface area (Å²) in [4.78, 5) is 13.3. The van der Waals surface area contributed by atoms with Gasteiger partial charge in [-0.25, -0.2) is 4.79 Å². The third kappa shape index (κ3) is 3.77. The molecule has 0 atom stereocenters. The van der Waals surface area contributed by atoms with Crippen LogP contribution in [0.1, 0.15) is 5.56 Å². The highest BCUT2D eigenvalue weighted by Gasteiger charge is 2.19. The van der Waals surface area contributed by atoms with Crippen LogP contribution in [-0.2, 0) is 16.7 Å². The van der Waals surface area contributed by atoms with E-state index in [1.165, 1.54) is 4.90 Å². The number of benzene rings is 1. The maximum atomic E-state index is 11.1. The van der Waals surface area contributed by atoms with Gasteiger partial charge in [-0.1, -0.05) is 0 Å². The van der Waals surface area contributed by atoms with Crippen molar-refractivity contribution in [1.29, 1.82) is 0 Å². The number of nitrogens with zero attached hydrogens (tertiary/aromatic N) is 1. The van der Waals surface area contributed by atoms with Crippen molar-refractivity contribution in [3.05, 3.63) is 23.8 Å². The second-order valence-corrected chi connectivity index (χ2v) is 6.82. The Morgan fingerprint density at radius 3 is 2.84 bits per heavy atom. The quantitative estimate of drug-likeness (QED) is 0.836. The molecule has 0 fully saturated rings. The number of carbonyl (C=O) groups is 1. The fourth-order valence-corrected chi connectivity index (χ4v) is 3.22. The first-order chi connectivity index (χ1) is 8.85. The summed E-state index contributed by atoms with van der Waals surface area (Å²) in [5.41, 5.74) is 0.756. The van der Waals surface area contributed by atoms with Crippen molar-refractivity contribution < 1.29 is 22.5 Å². The monoisotopic (exact) mass is 303 g/mol. The number of rotatable bonds is 2. The van der Waals surface area contributed by atoms with E-state index in [9.17, 15) is 13.2 Å². The van der Waals surface area contributed by atoms with E-state index in [0.717, 1.165) is 16.7 Å². The summed E-state index contributed by atoms with van der Waals surface area (Å²) >= 11 is 1.55. The standard InChI is InChI=1S/C11H13NO5S2/c1-19(15,16)17-9-2-3-10-8(6-9)7-12(11(13)14)4-5-18-10/h2-3,6H,4-5,7H2,1H3,(H,13,14). The van der Waals surface area contributed by atoms with Gasteiger partial charge in [0.1, 0.15) is 5.75 Å². The highest BCUT2D eigenvalue weighted by atomic mass is 32.2. The van der Waals surface area contributed by atoms with Crippen LogP contribution in [0.3, 0.4) is 0 Å². The van der Waals surface area contributed by atoms with Gasteiger partial charge in [-0.3, -0.25) is 0 Å². The highest BCUT2D eigenvalue weighted by molar-refractivity contribution is 7.99. The molecule has 1 aliphatic heterocycles. The van der Waals surface area contributed by atoms with Crippen molar-refractivity contribution in [2.75, 3.05) is 18.6 Å². The van der Waals surface area contributed by atoms with E-state index in [2.05, 4.69) is 0 Å². The maximum Gasteiger partial charge on any atom is 0.407 e.